The van der Waals surface area contributed by atoms with E-state index in [-0.39, 0.29) is 12.3 Å². The molecule has 4 rings (SSSR count). The molecule has 0 unspecified atom stereocenters. The number of fused-ring (bicyclic) bond motifs is 3. The third-order valence-corrected chi connectivity index (χ3v) is 4.84. The van der Waals surface area contributed by atoms with Gasteiger partial charge in [-0.25, -0.2) is 9.97 Å². The highest BCUT2D eigenvalue weighted by atomic mass is 35.5. The van der Waals surface area contributed by atoms with E-state index in [0.717, 1.165) is 16.8 Å². The molecule has 0 spiro atoms. The van der Waals surface area contributed by atoms with Gasteiger partial charge in [-0.1, -0.05) is 17.7 Å². The number of hydrogen-bond donors (Lipinski definition) is 2. The maximum atomic E-state index is 12.1. The van der Waals surface area contributed by atoms with Crippen molar-refractivity contribution in [3.63, 3.8) is 0 Å². The van der Waals surface area contributed by atoms with Gasteiger partial charge in [-0.2, -0.15) is 0 Å². The van der Waals surface area contributed by atoms with Crippen molar-refractivity contribution < 1.29 is 4.79 Å². The molecule has 1 amide bonds. The Kier molecular flexibility index (Phi) is 3.92. The summed E-state index contributed by atoms with van der Waals surface area (Å²) in [7, 11) is 0. The van der Waals surface area contributed by atoms with E-state index in [0.29, 0.717) is 23.2 Å². The lowest BCUT2D eigenvalue weighted by Gasteiger charge is -2.10. The van der Waals surface area contributed by atoms with Gasteiger partial charge in [0.1, 0.15) is 0 Å². The summed E-state index contributed by atoms with van der Waals surface area (Å²) >= 11 is 7.72. The molecule has 3 aromatic rings. The first-order valence-electron chi connectivity index (χ1n) is 7.41. The van der Waals surface area contributed by atoms with Crippen molar-refractivity contribution in [2.75, 3.05) is 10.6 Å². The quantitative estimate of drug-likeness (QED) is 0.745. The normalized spacial score (nSPS) is 12.8. The Morgan fingerprint density at radius 3 is 3.08 bits per heavy atom. The van der Waals surface area contributed by atoms with E-state index >= 15 is 0 Å². The van der Waals surface area contributed by atoms with Crippen LogP contribution in [0, 0.1) is 0 Å². The van der Waals surface area contributed by atoms with Crippen LogP contribution in [0.3, 0.4) is 0 Å². The summed E-state index contributed by atoms with van der Waals surface area (Å²) in [4.78, 5) is 22.2. The summed E-state index contributed by atoms with van der Waals surface area (Å²) in [6, 6.07) is 9.48. The average molecular weight is 357 g/mol. The summed E-state index contributed by atoms with van der Waals surface area (Å²) in [6.45, 7) is 0.668. The number of hydrogen-bond acceptors (Lipinski definition) is 5. The van der Waals surface area contributed by atoms with Crippen LogP contribution >= 0.6 is 22.9 Å². The van der Waals surface area contributed by atoms with Crippen molar-refractivity contribution in [2.45, 2.75) is 13.0 Å². The van der Waals surface area contributed by atoms with Crippen LogP contribution in [0.2, 0.25) is 5.02 Å². The fraction of sp³-hybridized carbons (Fsp3) is 0.118. The van der Waals surface area contributed by atoms with Gasteiger partial charge < -0.3 is 10.6 Å². The van der Waals surface area contributed by atoms with E-state index in [1.165, 1.54) is 4.88 Å². The molecule has 0 bridgehead atoms. The van der Waals surface area contributed by atoms with Crippen LogP contribution < -0.4 is 10.6 Å². The summed E-state index contributed by atoms with van der Waals surface area (Å²) in [5, 5.41) is 8.71. The Hall–Kier alpha value is -2.44. The molecule has 0 aliphatic carbocycles. The molecule has 2 aromatic heterocycles. The minimum Gasteiger partial charge on any atom is -0.349 e. The van der Waals surface area contributed by atoms with Crippen molar-refractivity contribution >= 4 is 40.5 Å². The lowest BCUT2D eigenvalue weighted by atomic mass is 10.1. The first-order chi connectivity index (χ1) is 11.7. The molecule has 1 aliphatic heterocycles. The van der Waals surface area contributed by atoms with E-state index in [4.69, 9.17) is 11.6 Å². The molecular weight excluding hydrogens is 344 g/mol. The smallest absolute Gasteiger partial charge is 0.228 e. The molecule has 7 heteroatoms. The molecule has 120 valence electrons. The molecule has 0 saturated heterocycles. The summed E-state index contributed by atoms with van der Waals surface area (Å²) in [5.41, 5.74) is 3.08. The highest BCUT2D eigenvalue weighted by Gasteiger charge is 2.21. The number of benzene rings is 1. The first kappa shape index (κ1) is 15.1. The van der Waals surface area contributed by atoms with Crippen LogP contribution in [0.4, 0.5) is 11.6 Å². The zero-order valence-electron chi connectivity index (χ0n) is 12.5. The Morgan fingerprint density at radius 1 is 1.33 bits per heavy atom. The predicted molar refractivity (Wildman–Crippen MR) is 96.5 cm³/mol. The molecule has 24 heavy (non-hydrogen) atoms. The SMILES string of the molecule is O=C1Cc2cnc(NCc3cccs3)nc2-c2ccc(Cl)cc2N1. The number of anilines is 2. The number of nitrogens with one attached hydrogen (secondary N) is 2. The van der Waals surface area contributed by atoms with Gasteiger partial charge in [0.25, 0.3) is 0 Å². The van der Waals surface area contributed by atoms with Crippen LogP contribution in [-0.2, 0) is 17.8 Å². The maximum absolute atomic E-state index is 12.1. The van der Waals surface area contributed by atoms with Gasteiger partial charge in [-0.05, 0) is 29.6 Å². The van der Waals surface area contributed by atoms with Gasteiger partial charge in [0.15, 0.2) is 0 Å². The summed E-state index contributed by atoms with van der Waals surface area (Å²) < 4.78 is 0. The van der Waals surface area contributed by atoms with Crippen LogP contribution in [0.25, 0.3) is 11.3 Å². The number of thiophene rings is 1. The third kappa shape index (κ3) is 2.98. The molecule has 0 saturated carbocycles. The standard InChI is InChI=1S/C17H13ClN4OS/c18-11-3-4-13-14(7-11)21-15(23)6-10-8-19-17(22-16(10)13)20-9-12-2-1-5-24-12/h1-5,7-8H,6,9H2,(H,21,23)(H,19,20,22). The minimum atomic E-state index is -0.0971. The number of aromatic nitrogens is 2. The van der Waals surface area contributed by atoms with Crippen LogP contribution in [0.5, 0.6) is 0 Å². The molecule has 0 atom stereocenters. The second-order valence-corrected chi connectivity index (χ2v) is 6.88. The first-order valence-corrected chi connectivity index (χ1v) is 8.67. The summed E-state index contributed by atoms with van der Waals surface area (Å²) in [6.07, 6.45) is 1.95. The molecule has 1 aromatic carbocycles. The molecule has 0 radical (unpaired) electrons. The molecular formula is C17H13ClN4OS. The zero-order chi connectivity index (χ0) is 16.5. The number of rotatable bonds is 3. The van der Waals surface area contributed by atoms with Gasteiger partial charge >= 0.3 is 0 Å². The minimum absolute atomic E-state index is 0.0971. The maximum Gasteiger partial charge on any atom is 0.228 e. The topological polar surface area (TPSA) is 66.9 Å². The molecule has 3 heterocycles. The van der Waals surface area contributed by atoms with Crippen molar-refractivity contribution in [1.82, 2.24) is 9.97 Å². The number of carbonyl (C=O) groups excluding carboxylic acids is 1. The van der Waals surface area contributed by atoms with Crippen molar-refractivity contribution in [3.8, 4) is 11.3 Å². The largest absolute Gasteiger partial charge is 0.349 e. The molecule has 1 aliphatic rings. The Bertz CT molecular complexity index is 911. The van der Waals surface area contributed by atoms with Gasteiger partial charge in [-0.3, -0.25) is 4.79 Å². The fourth-order valence-electron chi connectivity index (χ4n) is 2.63. The Balaban J connectivity index is 1.72. The van der Waals surface area contributed by atoms with Crippen LogP contribution in [-0.4, -0.2) is 15.9 Å². The highest BCUT2D eigenvalue weighted by molar-refractivity contribution is 7.09. The van der Waals surface area contributed by atoms with Crippen LogP contribution in [0.1, 0.15) is 10.4 Å². The number of amides is 1. The molecule has 5 nitrogen and oxygen atoms in total. The molecule has 2 N–H and O–H groups in total. The third-order valence-electron chi connectivity index (χ3n) is 3.73. The van der Waals surface area contributed by atoms with E-state index < -0.39 is 0 Å². The average Bonchev–Trinajstić information content (AvgIpc) is 3.03. The van der Waals surface area contributed by atoms with E-state index in [1.54, 1.807) is 29.7 Å². The number of nitrogens with zero attached hydrogens (tertiary/aromatic N) is 2. The van der Waals surface area contributed by atoms with Crippen molar-refractivity contribution in [1.29, 1.82) is 0 Å². The van der Waals surface area contributed by atoms with Crippen molar-refractivity contribution in [3.05, 3.63) is 57.4 Å². The zero-order valence-corrected chi connectivity index (χ0v) is 14.1. The van der Waals surface area contributed by atoms with E-state index in [1.807, 2.05) is 17.5 Å². The highest BCUT2D eigenvalue weighted by Crippen LogP contribution is 2.34. The van der Waals surface area contributed by atoms with Gasteiger partial charge in [0.05, 0.1) is 24.3 Å². The van der Waals surface area contributed by atoms with Crippen molar-refractivity contribution in [2.24, 2.45) is 0 Å². The lowest BCUT2D eigenvalue weighted by Crippen LogP contribution is -2.13. The second-order valence-electron chi connectivity index (χ2n) is 5.42. The van der Waals surface area contributed by atoms with E-state index in [9.17, 15) is 4.79 Å². The van der Waals surface area contributed by atoms with Gasteiger partial charge in [-0.15, -0.1) is 11.3 Å². The predicted octanol–water partition coefficient (Wildman–Crippen LogP) is 3.97. The second kappa shape index (κ2) is 6.22. The van der Waals surface area contributed by atoms with Crippen LogP contribution in [0.15, 0.2) is 41.9 Å². The fourth-order valence-corrected chi connectivity index (χ4v) is 3.44. The Morgan fingerprint density at radius 2 is 2.25 bits per heavy atom. The number of carbonyl (C=O) groups is 1. The lowest BCUT2D eigenvalue weighted by molar-refractivity contribution is -0.115. The molecule has 0 fully saturated rings. The number of halogens is 1. The van der Waals surface area contributed by atoms with E-state index in [2.05, 4.69) is 26.7 Å². The van der Waals surface area contributed by atoms with Gasteiger partial charge in [0.2, 0.25) is 11.9 Å². The Labute approximate surface area is 147 Å². The van der Waals surface area contributed by atoms with Gasteiger partial charge in [0, 0.05) is 27.2 Å². The summed E-state index contributed by atoms with van der Waals surface area (Å²) in [5.74, 6) is 0.442. The monoisotopic (exact) mass is 356 g/mol.